The minimum absolute atomic E-state index is 0.734. The van der Waals surface area contributed by atoms with Crippen LogP contribution in [-0.4, -0.2) is 85.1 Å². The maximum absolute atomic E-state index is 6.10. The van der Waals surface area contributed by atoms with Crippen LogP contribution in [0.4, 0.5) is 5.69 Å². The van der Waals surface area contributed by atoms with E-state index in [4.69, 9.17) is 11.6 Å². The first-order chi connectivity index (χ1) is 15.7. The van der Waals surface area contributed by atoms with E-state index >= 15 is 0 Å². The predicted octanol–water partition coefficient (Wildman–Crippen LogP) is 4.96. The molecule has 0 atom stereocenters. The predicted molar refractivity (Wildman–Crippen MR) is 137 cm³/mol. The number of rotatable bonds is 10. The summed E-state index contributed by atoms with van der Waals surface area (Å²) in [5.74, 6) is 0. The highest BCUT2D eigenvalue weighted by molar-refractivity contribution is 6.31. The summed E-state index contributed by atoms with van der Waals surface area (Å²) in [4.78, 5) is 12.3. The van der Waals surface area contributed by atoms with Crippen molar-refractivity contribution in [3.8, 4) is 0 Å². The van der Waals surface area contributed by atoms with Crippen molar-refractivity contribution in [2.45, 2.75) is 51.0 Å². The Bertz CT molecular complexity index is 830. The molecule has 4 rings (SSSR count). The van der Waals surface area contributed by atoms with E-state index in [0.717, 1.165) is 40.6 Å². The van der Waals surface area contributed by atoms with Crippen LogP contribution >= 0.6 is 11.6 Å². The molecule has 1 saturated heterocycles. The number of pyridine rings is 1. The van der Waals surface area contributed by atoms with Gasteiger partial charge in [-0.25, -0.2) is 0 Å². The quantitative estimate of drug-likeness (QED) is 0.510. The van der Waals surface area contributed by atoms with Crippen LogP contribution in [0.2, 0.25) is 5.02 Å². The van der Waals surface area contributed by atoms with Crippen molar-refractivity contribution in [1.82, 2.24) is 19.7 Å². The fourth-order valence-electron chi connectivity index (χ4n) is 5.29. The van der Waals surface area contributed by atoms with Crippen LogP contribution in [0.25, 0.3) is 10.9 Å². The van der Waals surface area contributed by atoms with E-state index in [1.807, 2.05) is 18.3 Å². The van der Waals surface area contributed by atoms with Crippen molar-refractivity contribution in [3.63, 3.8) is 0 Å². The van der Waals surface area contributed by atoms with Crippen LogP contribution in [0.5, 0.6) is 0 Å². The Morgan fingerprint density at radius 3 is 2.47 bits per heavy atom. The Morgan fingerprint density at radius 2 is 1.72 bits per heavy atom. The molecule has 6 heteroatoms. The highest BCUT2D eigenvalue weighted by atomic mass is 35.5. The lowest BCUT2D eigenvalue weighted by atomic mass is 9.94. The van der Waals surface area contributed by atoms with E-state index in [0.29, 0.717) is 0 Å². The molecule has 32 heavy (non-hydrogen) atoms. The highest BCUT2D eigenvalue weighted by Gasteiger charge is 2.19. The monoisotopic (exact) mass is 457 g/mol. The largest absolute Gasteiger partial charge is 0.384 e. The minimum atomic E-state index is 0.734. The molecule has 2 aromatic rings. The van der Waals surface area contributed by atoms with E-state index in [1.165, 1.54) is 84.3 Å². The molecule has 1 N–H and O–H groups in total. The van der Waals surface area contributed by atoms with E-state index in [9.17, 15) is 0 Å². The second-order valence-corrected chi connectivity index (χ2v) is 10.0. The molecule has 0 radical (unpaired) electrons. The molecule has 0 spiro atoms. The molecule has 5 nitrogen and oxygen atoms in total. The number of fused-ring (bicyclic) bond motifs is 1. The molecule has 2 fully saturated rings. The van der Waals surface area contributed by atoms with Crippen molar-refractivity contribution in [1.29, 1.82) is 0 Å². The topological polar surface area (TPSA) is 34.6 Å². The Hall–Kier alpha value is -1.40. The zero-order chi connectivity index (χ0) is 22.2. The number of hydrogen-bond donors (Lipinski definition) is 1. The minimum Gasteiger partial charge on any atom is -0.384 e. The first kappa shape index (κ1) is 23.7. The summed E-state index contributed by atoms with van der Waals surface area (Å²) in [6.45, 7) is 9.50. The number of benzene rings is 1. The van der Waals surface area contributed by atoms with E-state index in [-0.39, 0.29) is 0 Å². The van der Waals surface area contributed by atoms with Gasteiger partial charge in [-0.1, -0.05) is 30.9 Å². The molecule has 1 saturated carbocycles. The zero-order valence-corrected chi connectivity index (χ0v) is 20.5. The lowest BCUT2D eigenvalue weighted by molar-refractivity contribution is 0.122. The molecule has 0 amide bonds. The smallest absolute Gasteiger partial charge is 0.0737 e. The molecule has 0 unspecified atom stereocenters. The Morgan fingerprint density at radius 1 is 1.00 bits per heavy atom. The molecule has 176 valence electrons. The van der Waals surface area contributed by atoms with Crippen molar-refractivity contribution < 1.29 is 0 Å². The van der Waals surface area contributed by atoms with Crippen LogP contribution in [0.3, 0.4) is 0 Å². The summed E-state index contributed by atoms with van der Waals surface area (Å²) < 4.78 is 0. The van der Waals surface area contributed by atoms with Gasteiger partial charge in [0, 0.05) is 61.1 Å². The molecule has 2 aliphatic rings. The number of anilines is 1. The van der Waals surface area contributed by atoms with Crippen molar-refractivity contribution in [2.24, 2.45) is 0 Å². The molecule has 0 bridgehead atoms. The molecule has 1 aromatic heterocycles. The second-order valence-electron chi connectivity index (χ2n) is 9.61. The zero-order valence-electron chi connectivity index (χ0n) is 19.7. The van der Waals surface area contributed by atoms with Gasteiger partial charge in [0.2, 0.25) is 0 Å². The summed E-state index contributed by atoms with van der Waals surface area (Å²) >= 11 is 6.10. The van der Waals surface area contributed by atoms with Crippen LogP contribution in [0.15, 0.2) is 30.5 Å². The summed E-state index contributed by atoms with van der Waals surface area (Å²) in [7, 11) is 2.34. The van der Waals surface area contributed by atoms with Crippen LogP contribution < -0.4 is 5.32 Å². The third-order valence-corrected chi connectivity index (χ3v) is 7.55. The Balaban J connectivity index is 1.09. The maximum Gasteiger partial charge on any atom is 0.0737 e. The average molecular weight is 458 g/mol. The number of halogens is 1. The van der Waals surface area contributed by atoms with Crippen LogP contribution in [0, 0.1) is 0 Å². The van der Waals surface area contributed by atoms with Gasteiger partial charge in [-0.3, -0.25) is 4.98 Å². The average Bonchev–Trinajstić information content (AvgIpc) is 2.83. The Kier molecular flexibility index (Phi) is 9.03. The standard InChI is InChI=1S/C26H40ClN5/c1-30(23-7-3-2-4-8-23)14-6-16-32-19-17-31(18-20-32)15-5-12-28-25-11-13-29-26-21-22(27)9-10-24(25)26/h9-11,13,21,23H,2-8,12,14-20H2,1H3,(H,28,29). The maximum atomic E-state index is 6.10. The highest BCUT2D eigenvalue weighted by Crippen LogP contribution is 2.24. The first-order valence-electron chi connectivity index (χ1n) is 12.6. The Labute approximate surface area is 199 Å². The second kappa shape index (κ2) is 12.2. The van der Waals surface area contributed by atoms with Gasteiger partial charge in [0.25, 0.3) is 0 Å². The van der Waals surface area contributed by atoms with Crippen LogP contribution in [0.1, 0.15) is 44.9 Å². The number of hydrogen-bond acceptors (Lipinski definition) is 5. The van der Waals surface area contributed by atoms with E-state index in [2.05, 4.69) is 44.2 Å². The number of piperazine rings is 1. The number of aromatic nitrogens is 1. The van der Waals surface area contributed by atoms with Gasteiger partial charge in [-0.05, 0) is 76.6 Å². The van der Waals surface area contributed by atoms with Crippen molar-refractivity contribution in [3.05, 3.63) is 35.5 Å². The number of nitrogens with one attached hydrogen (secondary N) is 1. The van der Waals surface area contributed by atoms with Gasteiger partial charge in [-0.2, -0.15) is 0 Å². The lowest BCUT2D eigenvalue weighted by Gasteiger charge is -2.36. The third kappa shape index (κ3) is 6.80. The van der Waals surface area contributed by atoms with Crippen molar-refractivity contribution in [2.75, 3.05) is 64.7 Å². The van der Waals surface area contributed by atoms with Crippen LogP contribution in [-0.2, 0) is 0 Å². The van der Waals surface area contributed by atoms with Crippen molar-refractivity contribution >= 4 is 28.2 Å². The van der Waals surface area contributed by atoms with E-state index in [1.54, 1.807) is 0 Å². The summed E-state index contributed by atoms with van der Waals surface area (Å²) in [5, 5.41) is 5.47. The first-order valence-corrected chi connectivity index (χ1v) is 13.0. The summed E-state index contributed by atoms with van der Waals surface area (Å²) in [6.07, 6.45) is 11.5. The van der Waals surface area contributed by atoms with Gasteiger partial charge in [-0.15, -0.1) is 0 Å². The molecular formula is C26H40ClN5. The van der Waals surface area contributed by atoms with Gasteiger partial charge in [0.15, 0.2) is 0 Å². The molecule has 1 aliphatic heterocycles. The van der Waals surface area contributed by atoms with Gasteiger partial charge in [0.1, 0.15) is 0 Å². The molecule has 1 aromatic carbocycles. The van der Waals surface area contributed by atoms with Gasteiger partial charge >= 0.3 is 0 Å². The molecular weight excluding hydrogens is 418 g/mol. The summed E-state index contributed by atoms with van der Waals surface area (Å²) in [6, 6.07) is 8.82. The third-order valence-electron chi connectivity index (χ3n) is 7.32. The number of nitrogens with zero attached hydrogens (tertiary/aromatic N) is 4. The normalized spacial score (nSPS) is 19.1. The SMILES string of the molecule is CN(CCCN1CCN(CCCNc2ccnc3cc(Cl)ccc23)CC1)C1CCCCC1. The fraction of sp³-hybridized carbons (Fsp3) is 0.654. The van der Waals surface area contributed by atoms with E-state index < -0.39 is 0 Å². The fourth-order valence-corrected chi connectivity index (χ4v) is 5.45. The molecule has 2 heterocycles. The molecule has 1 aliphatic carbocycles. The summed E-state index contributed by atoms with van der Waals surface area (Å²) in [5.41, 5.74) is 2.10. The van der Waals surface area contributed by atoms with Gasteiger partial charge in [0.05, 0.1) is 5.52 Å². The van der Waals surface area contributed by atoms with Gasteiger partial charge < -0.3 is 20.0 Å². The lowest BCUT2D eigenvalue weighted by Crippen LogP contribution is -2.47.